The minimum atomic E-state index is -1.34. The van der Waals surface area contributed by atoms with Crippen molar-refractivity contribution in [3.8, 4) is 23.6 Å². The molecule has 0 saturated carbocycles. The Labute approximate surface area is 262 Å². The molecule has 0 aliphatic heterocycles. The Balaban J connectivity index is 1.92. The zero-order valence-electron chi connectivity index (χ0n) is 26.4. The molecule has 2 unspecified atom stereocenters. The summed E-state index contributed by atoms with van der Waals surface area (Å²) in [5, 5.41) is 21.8. The third-order valence-corrected chi connectivity index (χ3v) is 8.44. The SMILES string of the molecule is CCCCCCCC1=C(c2ccc(OC)c(OC)c2)C(C#N)C(OC)(N(Cc2ccccc2)Cc2ccccc2)C(C#N)=C1. The molecule has 6 heteroatoms. The lowest BCUT2D eigenvalue weighted by atomic mass is 9.72. The van der Waals surface area contributed by atoms with Crippen LogP contribution in [0.3, 0.4) is 0 Å². The first-order valence-corrected chi connectivity index (χ1v) is 15.4. The predicted molar refractivity (Wildman–Crippen MR) is 175 cm³/mol. The zero-order chi connectivity index (χ0) is 31.4. The van der Waals surface area contributed by atoms with Crippen molar-refractivity contribution in [1.82, 2.24) is 4.90 Å². The number of unbranched alkanes of at least 4 members (excludes halogenated alkanes) is 4. The van der Waals surface area contributed by atoms with Gasteiger partial charge in [0.15, 0.2) is 17.2 Å². The molecule has 0 radical (unpaired) electrons. The molecule has 0 aromatic heterocycles. The zero-order valence-corrected chi connectivity index (χ0v) is 26.4. The van der Waals surface area contributed by atoms with Crippen LogP contribution >= 0.6 is 0 Å². The summed E-state index contributed by atoms with van der Waals surface area (Å²) in [6.45, 7) is 3.16. The van der Waals surface area contributed by atoms with Gasteiger partial charge in [-0.25, -0.2) is 0 Å². The number of hydrogen-bond donors (Lipinski definition) is 0. The van der Waals surface area contributed by atoms with E-state index in [0.717, 1.165) is 53.5 Å². The summed E-state index contributed by atoms with van der Waals surface area (Å²) < 4.78 is 17.7. The second kappa shape index (κ2) is 15.9. The van der Waals surface area contributed by atoms with Gasteiger partial charge in [-0.1, -0.05) is 99.3 Å². The monoisotopic (exact) mass is 589 g/mol. The highest BCUT2D eigenvalue weighted by molar-refractivity contribution is 5.80. The van der Waals surface area contributed by atoms with E-state index >= 15 is 0 Å². The number of nitrogens with zero attached hydrogens (tertiary/aromatic N) is 3. The van der Waals surface area contributed by atoms with Crippen molar-refractivity contribution < 1.29 is 14.2 Å². The molecule has 1 aliphatic rings. The van der Waals surface area contributed by atoms with Crippen molar-refractivity contribution in [1.29, 1.82) is 10.5 Å². The first kappa shape index (κ1) is 32.6. The molecule has 2 atom stereocenters. The number of ether oxygens (including phenoxy) is 3. The van der Waals surface area contributed by atoms with E-state index in [1.165, 1.54) is 12.8 Å². The van der Waals surface area contributed by atoms with Gasteiger partial charge in [-0.05, 0) is 58.9 Å². The second-order valence-electron chi connectivity index (χ2n) is 11.1. The van der Waals surface area contributed by atoms with Crippen LogP contribution < -0.4 is 9.47 Å². The van der Waals surface area contributed by atoms with Gasteiger partial charge in [0, 0.05) is 20.2 Å². The first-order valence-electron chi connectivity index (χ1n) is 15.4. The minimum absolute atomic E-state index is 0.436. The van der Waals surface area contributed by atoms with Crippen LogP contribution in [0.1, 0.15) is 62.1 Å². The molecule has 1 aliphatic carbocycles. The highest BCUT2D eigenvalue weighted by Gasteiger charge is 2.53. The van der Waals surface area contributed by atoms with Gasteiger partial charge in [0.25, 0.3) is 0 Å². The summed E-state index contributed by atoms with van der Waals surface area (Å²) in [5.41, 5.74) is 3.92. The summed E-state index contributed by atoms with van der Waals surface area (Å²) in [6.07, 6.45) is 8.33. The highest BCUT2D eigenvalue weighted by Crippen LogP contribution is 2.49. The Hall–Kier alpha value is -4.36. The van der Waals surface area contributed by atoms with E-state index in [1.807, 2.05) is 60.7 Å². The molecule has 6 nitrogen and oxygen atoms in total. The van der Waals surface area contributed by atoms with E-state index in [4.69, 9.17) is 14.2 Å². The Bertz CT molecular complexity index is 1480. The molecule has 0 fully saturated rings. The van der Waals surface area contributed by atoms with E-state index < -0.39 is 11.6 Å². The fraction of sp³-hybridized carbons (Fsp3) is 0.368. The number of allylic oxidation sites excluding steroid dienone is 2. The molecular weight excluding hydrogens is 546 g/mol. The van der Waals surface area contributed by atoms with Gasteiger partial charge in [0.05, 0.1) is 31.9 Å². The smallest absolute Gasteiger partial charge is 0.177 e. The van der Waals surface area contributed by atoms with Gasteiger partial charge in [-0.15, -0.1) is 0 Å². The van der Waals surface area contributed by atoms with Gasteiger partial charge in [-0.3, -0.25) is 4.90 Å². The van der Waals surface area contributed by atoms with Crippen LogP contribution in [0.25, 0.3) is 5.57 Å². The topological polar surface area (TPSA) is 78.5 Å². The minimum Gasteiger partial charge on any atom is -0.493 e. The Morgan fingerprint density at radius 1 is 0.773 bits per heavy atom. The predicted octanol–water partition coefficient (Wildman–Crippen LogP) is 8.47. The van der Waals surface area contributed by atoms with Gasteiger partial charge < -0.3 is 14.2 Å². The van der Waals surface area contributed by atoms with Crippen LogP contribution in [-0.4, -0.2) is 32.0 Å². The number of methoxy groups -OCH3 is 3. The Morgan fingerprint density at radius 2 is 1.39 bits per heavy atom. The average Bonchev–Trinajstić information content (AvgIpc) is 3.07. The highest BCUT2D eigenvalue weighted by atomic mass is 16.5. The van der Waals surface area contributed by atoms with Crippen LogP contribution in [0, 0.1) is 28.6 Å². The third-order valence-electron chi connectivity index (χ3n) is 8.44. The number of nitriles is 2. The van der Waals surface area contributed by atoms with Crippen LogP contribution in [-0.2, 0) is 17.8 Å². The second-order valence-corrected chi connectivity index (χ2v) is 11.1. The third kappa shape index (κ3) is 7.05. The van der Waals surface area contributed by atoms with E-state index in [-0.39, 0.29) is 0 Å². The summed E-state index contributed by atoms with van der Waals surface area (Å²) in [6, 6.07) is 31.1. The van der Waals surface area contributed by atoms with Crippen molar-refractivity contribution in [3.63, 3.8) is 0 Å². The molecule has 44 heavy (non-hydrogen) atoms. The standard InChI is InChI=1S/C38H43N3O3/c1-5-6-7-8-15-20-31-23-33(25-39)38(44-4,34(26-40)37(31)32-21-22-35(42-2)36(24-32)43-3)41(27-29-16-11-9-12-17-29)28-30-18-13-10-14-19-30/h9-14,16-19,21-24,34H,5-8,15,20,27-28H2,1-4H3. The first-order chi connectivity index (χ1) is 21.6. The number of hydrogen-bond acceptors (Lipinski definition) is 6. The number of rotatable bonds is 15. The van der Waals surface area contributed by atoms with Crippen molar-refractivity contribution in [2.24, 2.45) is 5.92 Å². The molecule has 0 N–H and O–H groups in total. The fourth-order valence-electron chi connectivity index (χ4n) is 6.25. The maximum absolute atomic E-state index is 11.1. The van der Waals surface area contributed by atoms with E-state index in [0.29, 0.717) is 30.2 Å². The molecule has 0 spiro atoms. The van der Waals surface area contributed by atoms with Gasteiger partial charge >= 0.3 is 0 Å². The largest absolute Gasteiger partial charge is 0.493 e. The molecular formula is C38H43N3O3. The molecule has 0 bridgehead atoms. The molecule has 0 heterocycles. The molecule has 0 saturated heterocycles. The summed E-state index contributed by atoms with van der Waals surface area (Å²) in [7, 11) is 4.84. The van der Waals surface area contributed by atoms with Gasteiger partial charge in [-0.2, -0.15) is 10.5 Å². The van der Waals surface area contributed by atoms with Crippen LogP contribution in [0.4, 0.5) is 0 Å². The molecule has 0 amide bonds. The molecule has 228 valence electrons. The van der Waals surface area contributed by atoms with Crippen LogP contribution in [0.2, 0.25) is 0 Å². The normalized spacial score (nSPS) is 18.0. The maximum Gasteiger partial charge on any atom is 0.177 e. The summed E-state index contributed by atoms with van der Waals surface area (Å²) in [5.74, 6) is 0.395. The Kier molecular flexibility index (Phi) is 11.8. The summed E-state index contributed by atoms with van der Waals surface area (Å²) in [4.78, 5) is 2.14. The van der Waals surface area contributed by atoms with E-state index in [1.54, 1.807) is 21.3 Å². The van der Waals surface area contributed by atoms with Gasteiger partial charge in [0.1, 0.15) is 5.92 Å². The van der Waals surface area contributed by atoms with E-state index in [9.17, 15) is 10.5 Å². The number of benzene rings is 3. The lowest BCUT2D eigenvalue weighted by Gasteiger charge is -2.48. The lowest BCUT2D eigenvalue weighted by molar-refractivity contribution is -0.128. The molecule has 3 aromatic carbocycles. The van der Waals surface area contributed by atoms with Crippen molar-refractivity contribution in [2.45, 2.75) is 64.3 Å². The van der Waals surface area contributed by atoms with Crippen molar-refractivity contribution >= 4 is 5.57 Å². The quantitative estimate of drug-likeness (QED) is 0.131. The average molecular weight is 590 g/mol. The van der Waals surface area contributed by atoms with Crippen LogP contribution in [0.5, 0.6) is 11.5 Å². The van der Waals surface area contributed by atoms with Crippen molar-refractivity contribution in [2.75, 3.05) is 21.3 Å². The Morgan fingerprint density at radius 3 is 1.91 bits per heavy atom. The fourth-order valence-corrected chi connectivity index (χ4v) is 6.25. The van der Waals surface area contributed by atoms with Crippen molar-refractivity contribution in [3.05, 3.63) is 113 Å². The van der Waals surface area contributed by atoms with Crippen LogP contribution in [0.15, 0.2) is 96.1 Å². The maximum atomic E-state index is 11.1. The summed E-state index contributed by atoms with van der Waals surface area (Å²) >= 11 is 0. The lowest BCUT2D eigenvalue weighted by Crippen LogP contribution is -2.57. The molecule has 3 aromatic rings. The van der Waals surface area contributed by atoms with Gasteiger partial charge in [0.2, 0.25) is 0 Å². The molecule has 4 rings (SSSR count). The van der Waals surface area contributed by atoms with E-state index in [2.05, 4.69) is 48.2 Å².